The Morgan fingerprint density at radius 3 is 2.96 bits per heavy atom. The zero-order valence-electron chi connectivity index (χ0n) is 12.5. The van der Waals surface area contributed by atoms with Crippen LogP contribution in [0.25, 0.3) is 6.08 Å². The lowest BCUT2D eigenvalue weighted by molar-refractivity contribution is -0.135. The smallest absolute Gasteiger partial charge is 0.247 e. The van der Waals surface area contributed by atoms with E-state index in [2.05, 4.69) is 6.07 Å². The number of hydrogen-bond donors (Lipinski definition) is 0. The number of hydrogen-bond acceptors (Lipinski definition) is 4. The molecule has 1 aromatic heterocycles. The number of rotatable bonds is 3. The summed E-state index contributed by atoms with van der Waals surface area (Å²) in [6.07, 6.45) is 4.76. The minimum atomic E-state index is -0.220. The number of furan rings is 1. The van der Waals surface area contributed by atoms with E-state index in [1.807, 2.05) is 18.2 Å². The van der Waals surface area contributed by atoms with Crippen LogP contribution in [0.15, 0.2) is 53.2 Å². The maximum atomic E-state index is 12.5. The fourth-order valence-corrected chi connectivity index (χ4v) is 2.59. The molecule has 5 heteroatoms. The zero-order valence-corrected chi connectivity index (χ0v) is 12.5. The number of nitriles is 1. The molecule has 0 aliphatic carbocycles. The van der Waals surface area contributed by atoms with E-state index in [0.717, 1.165) is 5.56 Å². The molecule has 23 heavy (non-hydrogen) atoms. The van der Waals surface area contributed by atoms with Gasteiger partial charge in [-0.15, -0.1) is 0 Å². The van der Waals surface area contributed by atoms with Crippen molar-refractivity contribution < 1.29 is 13.9 Å². The summed E-state index contributed by atoms with van der Waals surface area (Å²) in [5.74, 6) is 0.589. The summed E-state index contributed by atoms with van der Waals surface area (Å²) in [6, 6.07) is 12.7. The largest absolute Gasteiger partial charge is 0.467 e. The van der Waals surface area contributed by atoms with E-state index in [0.29, 0.717) is 31.1 Å². The number of ether oxygens (including phenoxy) is 1. The molecule has 1 aliphatic heterocycles. The second-order valence-electron chi connectivity index (χ2n) is 5.17. The maximum absolute atomic E-state index is 12.5. The van der Waals surface area contributed by atoms with Crippen molar-refractivity contribution in [3.8, 4) is 6.07 Å². The van der Waals surface area contributed by atoms with Crippen LogP contribution in [0.2, 0.25) is 0 Å². The Morgan fingerprint density at radius 1 is 1.30 bits per heavy atom. The number of benzene rings is 1. The highest BCUT2D eigenvalue weighted by atomic mass is 16.5. The minimum absolute atomic E-state index is 0.123. The molecule has 1 atom stereocenters. The van der Waals surface area contributed by atoms with E-state index in [4.69, 9.17) is 14.4 Å². The molecular formula is C18H16N2O3. The van der Waals surface area contributed by atoms with Gasteiger partial charge in [-0.05, 0) is 29.8 Å². The number of amides is 1. The minimum Gasteiger partial charge on any atom is -0.467 e. The lowest BCUT2D eigenvalue weighted by Crippen LogP contribution is -2.42. The van der Waals surface area contributed by atoms with Gasteiger partial charge in [-0.25, -0.2) is 0 Å². The third-order valence-electron chi connectivity index (χ3n) is 3.77. The Morgan fingerprint density at radius 2 is 2.17 bits per heavy atom. The van der Waals surface area contributed by atoms with Gasteiger partial charge in [0, 0.05) is 12.6 Å². The molecule has 0 N–H and O–H groups in total. The van der Waals surface area contributed by atoms with Crippen LogP contribution in [0.4, 0.5) is 0 Å². The van der Waals surface area contributed by atoms with Gasteiger partial charge >= 0.3 is 0 Å². The molecular weight excluding hydrogens is 292 g/mol. The average Bonchev–Trinajstić information content (AvgIpc) is 3.14. The van der Waals surface area contributed by atoms with E-state index in [1.54, 1.807) is 35.4 Å². The predicted molar refractivity (Wildman–Crippen MR) is 84.2 cm³/mol. The van der Waals surface area contributed by atoms with Crippen LogP contribution in [0.1, 0.15) is 22.9 Å². The Balaban J connectivity index is 1.78. The van der Waals surface area contributed by atoms with Crippen LogP contribution in [0.5, 0.6) is 0 Å². The lowest BCUT2D eigenvalue weighted by Gasteiger charge is -2.33. The lowest BCUT2D eigenvalue weighted by atomic mass is 10.1. The molecule has 0 radical (unpaired) electrons. The van der Waals surface area contributed by atoms with E-state index in [-0.39, 0.29) is 11.9 Å². The fourth-order valence-electron chi connectivity index (χ4n) is 2.59. The molecule has 1 aliphatic rings. The van der Waals surface area contributed by atoms with Gasteiger partial charge < -0.3 is 14.1 Å². The Kier molecular flexibility index (Phi) is 4.55. The molecule has 2 heterocycles. The second-order valence-corrected chi connectivity index (χ2v) is 5.17. The first-order chi connectivity index (χ1) is 11.3. The van der Waals surface area contributed by atoms with Crippen LogP contribution in [-0.2, 0) is 9.53 Å². The van der Waals surface area contributed by atoms with Crippen molar-refractivity contribution >= 4 is 12.0 Å². The van der Waals surface area contributed by atoms with Crippen molar-refractivity contribution in [1.82, 2.24) is 4.90 Å². The standard InChI is InChI=1S/C18H16N2O3/c19-12-15-5-2-1-4-14(15)7-8-18(21)20-9-11-22-13-16(20)17-6-3-10-23-17/h1-8,10,16H,9,11,13H2/b8-7+. The third kappa shape index (κ3) is 3.33. The number of carbonyl (C=O) groups is 1. The number of carbonyl (C=O) groups excluding carboxylic acids is 1. The predicted octanol–water partition coefficient (Wildman–Crippen LogP) is 2.76. The maximum Gasteiger partial charge on any atom is 0.247 e. The first kappa shape index (κ1) is 15.1. The molecule has 0 saturated carbocycles. The number of nitrogens with zero attached hydrogens (tertiary/aromatic N) is 2. The van der Waals surface area contributed by atoms with Crippen LogP contribution in [0.3, 0.4) is 0 Å². The van der Waals surface area contributed by atoms with Crippen molar-refractivity contribution in [2.75, 3.05) is 19.8 Å². The Bertz CT molecular complexity index is 744. The van der Waals surface area contributed by atoms with E-state index in [1.165, 1.54) is 6.08 Å². The first-order valence-corrected chi connectivity index (χ1v) is 7.38. The molecule has 1 aromatic carbocycles. The topological polar surface area (TPSA) is 66.5 Å². The molecule has 1 unspecified atom stereocenters. The Hall–Kier alpha value is -2.84. The van der Waals surface area contributed by atoms with Crippen LogP contribution >= 0.6 is 0 Å². The molecule has 1 saturated heterocycles. The van der Waals surface area contributed by atoms with Gasteiger partial charge in [0.2, 0.25) is 5.91 Å². The summed E-state index contributed by atoms with van der Waals surface area (Å²) in [4.78, 5) is 14.3. The second kappa shape index (κ2) is 6.95. The monoisotopic (exact) mass is 308 g/mol. The summed E-state index contributed by atoms with van der Waals surface area (Å²) in [7, 11) is 0. The van der Waals surface area contributed by atoms with E-state index in [9.17, 15) is 4.79 Å². The van der Waals surface area contributed by atoms with E-state index < -0.39 is 0 Å². The van der Waals surface area contributed by atoms with Gasteiger partial charge in [0.15, 0.2) is 0 Å². The highest BCUT2D eigenvalue weighted by Crippen LogP contribution is 2.25. The quantitative estimate of drug-likeness (QED) is 0.818. The Labute approximate surface area is 134 Å². The zero-order chi connectivity index (χ0) is 16.1. The molecule has 1 fully saturated rings. The van der Waals surface area contributed by atoms with Crippen molar-refractivity contribution in [3.63, 3.8) is 0 Å². The van der Waals surface area contributed by atoms with Crippen LogP contribution in [-0.4, -0.2) is 30.6 Å². The van der Waals surface area contributed by atoms with Gasteiger partial charge in [-0.2, -0.15) is 5.26 Å². The van der Waals surface area contributed by atoms with Crippen molar-refractivity contribution in [1.29, 1.82) is 5.26 Å². The van der Waals surface area contributed by atoms with E-state index >= 15 is 0 Å². The summed E-state index contributed by atoms with van der Waals surface area (Å²) < 4.78 is 10.9. The normalized spacial score (nSPS) is 18.0. The fraction of sp³-hybridized carbons (Fsp3) is 0.222. The van der Waals surface area contributed by atoms with Crippen molar-refractivity contribution in [3.05, 3.63) is 65.6 Å². The highest BCUT2D eigenvalue weighted by Gasteiger charge is 2.29. The molecule has 2 aromatic rings. The summed E-state index contributed by atoms with van der Waals surface area (Å²) >= 11 is 0. The van der Waals surface area contributed by atoms with Crippen LogP contribution in [0, 0.1) is 11.3 Å². The van der Waals surface area contributed by atoms with Crippen LogP contribution < -0.4 is 0 Å². The summed E-state index contributed by atoms with van der Waals surface area (Å²) in [5.41, 5.74) is 1.27. The molecule has 5 nitrogen and oxygen atoms in total. The SMILES string of the molecule is N#Cc1ccccc1/C=C/C(=O)N1CCOCC1c1ccco1. The van der Waals surface area contributed by atoms with Gasteiger partial charge in [-0.1, -0.05) is 18.2 Å². The van der Waals surface area contributed by atoms with Gasteiger partial charge in [0.1, 0.15) is 11.8 Å². The van der Waals surface area contributed by atoms with Gasteiger partial charge in [-0.3, -0.25) is 4.79 Å². The molecule has 0 bridgehead atoms. The van der Waals surface area contributed by atoms with Gasteiger partial charge in [0.25, 0.3) is 0 Å². The van der Waals surface area contributed by atoms with Crippen molar-refractivity contribution in [2.24, 2.45) is 0 Å². The number of morpholine rings is 1. The third-order valence-corrected chi connectivity index (χ3v) is 3.77. The summed E-state index contributed by atoms with van der Waals surface area (Å²) in [5, 5.41) is 9.09. The van der Waals surface area contributed by atoms with Crippen molar-refractivity contribution in [2.45, 2.75) is 6.04 Å². The average molecular weight is 308 g/mol. The molecule has 3 rings (SSSR count). The first-order valence-electron chi connectivity index (χ1n) is 7.38. The molecule has 1 amide bonds. The highest BCUT2D eigenvalue weighted by molar-refractivity contribution is 5.92. The molecule has 0 spiro atoms. The molecule has 116 valence electrons. The van der Waals surface area contributed by atoms with Gasteiger partial charge in [0.05, 0.1) is 31.1 Å². The summed E-state index contributed by atoms with van der Waals surface area (Å²) in [6.45, 7) is 1.43.